The van der Waals surface area contributed by atoms with Crippen LogP contribution in [0.15, 0.2) is 14.5 Å². The van der Waals surface area contributed by atoms with Crippen molar-refractivity contribution in [1.82, 2.24) is 9.62 Å². The molecule has 1 atom stereocenters. The van der Waals surface area contributed by atoms with Crippen LogP contribution in [0, 0.1) is 0 Å². The minimum Gasteiger partial charge on any atom is -0.382 e. The van der Waals surface area contributed by atoms with Gasteiger partial charge in [-0.25, -0.2) is 22.0 Å². The van der Waals surface area contributed by atoms with E-state index >= 15 is 0 Å². The maximum absolute atomic E-state index is 12.8. The van der Waals surface area contributed by atoms with E-state index in [2.05, 4.69) is 5.32 Å². The van der Waals surface area contributed by atoms with Gasteiger partial charge in [-0.15, -0.1) is 23.7 Å². The third-order valence-corrected chi connectivity index (χ3v) is 8.63. The summed E-state index contributed by atoms with van der Waals surface area (Å²) in [5, 5.41) is 8.37. The lowest BCUT2D eigenvalue weighted by Gasteiger charge is -2.32. The number of halogens is 1. The van der Waals surface area contributed by atoms with Crippen LogP contribution in [0.1, 0.15) is 31.9 Å². The number of ether oxygens (including phenoxy) is 1. The molecule has 0 radical (unpaired) electrons. The molecule has 1 aromatic heterocycles. The number of fused-ring (bicyclic) bond motifs is 1. The van der Waals surface area contributed by atoms with Crippen LogP contribution in [0.25, 0.3) is 0 Å². The molecule has 0 bridgehead atoms. The minimum absolute atomic E-state index is 0. The summed E-state index contributed by atoms with van der Waals surface area (Å²) in [7, 11) is -7.66. The lowest BCUT2D eigenvalue weighted by molar-refractivity contribution is 0.139. The van der Waals surface area contributed by atoms with E-state index in [0.717, 1.165) is 0 Å². The summed E-state index contributed by atoms with van der Waals surface area (Å²) in [6.45, 7) is 6.08. The van der Waals surface area contributed by atoms with Gasteiger partial charge in [0.25, 0.3) is 10.0 Å². The monoisotopic (exact) mass is 433 g/mol. The van der Waals surface area contributed by atoms with Gasteiger partial charge in [-0.05, 0) is 26.0 Å². The van der Waals surface area contributed by atoms with Crippen molar-refractivity contribution in [1.29, 1.82) is 0 Å². The maximum Gasteiger partial charge on any atom is 0.252 e. The van der Waals surface area contributed by atoms with E-state index < -0.39 is 20.0 Å². The Hall–Kier alpha value is -0.270. The summed E-state index contributed by atoms with van der Waals surface area (Å²) in [5.41, 5.74) is 0.479. The van der Waals surface area contributed by atoms with Crippen molar-refractivity contribution in [2.75, 3.05) is 32.8 Å². The van der Waals surface area contributed by atoms with Gasteiger partial charge in [-0.1, -0.05) is 6.92 Å². The molecule has 1 aliphatic rings. The van der Waals surface area contributed by atoms with Gasteiger partial charge in [0, 0.05) is 37.9 Å². The van der Waals surface area contributed by atoms with Crippen molar-refractivity contribution in [3.63, 3.8) is 0 Å². The summed E-state index contributed by atoms with van der Waals surface area (Å²) in [5.74, 6) is 0. The summed E-state index contributed by atoms with van der Waals surface area (Å²) < 4.78 is 55.3. The zero-order valence-corrected chi connectivity index (χ0v) is 17.4. The molecular weight excluding hydrogens is 410 g/mol. The highest BCUT2D eigenvalue weighted by Crippen LogP contribution is 2.39. The number of hydrogen-bond acceptors (Lipinski definition) is 7. The third kappa shape index (κ3) is 5.13. The van der Waals surface area contributed by atoms with E-state index in [9.17, 15) is 16.8 Å². The van der Waals surface area contributed by atoms with Gasteiger partial charge in [0.1, 0.15) is 8.42 Å². The molecule has 1 aromatic rings. The normalized spacial score (nSPS) is 20.0. The number of hydrogen-bond donors (Lipinski definition) is 2. The molecule has 0 spiro atoms. The summed E-state index contributed by atoms with van der Waals surface area (Å²) >= 11 is 0.712. The second-order valence-corrected chi connectivity index (χ2v) is 10.4. The Labute approximate surface area is 159 Å². The molecule has 2 heterocycles. The molecule has 0 saturated heterocycles. The Morgan fingerprint density at radius 3 is 2.68 bits per heavy atom. The molecule has 8 nitrogen and oxygen atoms in total. The fourth-order valence-corrected chi connectivity index (χ4v) is 6.89. The molecule has 0 amide bonds. The predicted octanol–water partition coefficient (Wildman–Crippen LogP) is 0.899. The number of nitrogens with two attached hydrogens (primary N) is 1. The quantitative estimate of drug-likeness (QED) is 0.588. The van der Waals surface area contributed by atoms with Gasteiger partial charge >= 0.3 is 0 Å². The zero-order valence-electron chi connectivity index (χ0n) is 14.1. The standard InChI is InChI=1S/C13H23N3O5S3.ClH/c1-3-15-11-9-16(6-5-7-21-4-2)24(19,20)13-10(11)8-12(22-13)23(14,17)18;/h8,11,15H,3-7,9H2,1-2H3,(H2,14,17,18);1H. The molecule has 0 aromatic carbocycles. The second kappa shape index (κ2) is 9.09. The average molecular weight is 434 g/mol. The molecule has 2 rings (SSSR count). The van der Waals surface area contributed by atoms with Crippen LogP contribution in [0.4, 0.5) is 0 Å². The van der Waals surface area contributed by atoms with Gasteiger partial charge in [0.05, 0.1) is 0 Å². The van der Waals surface area contributed by atoms with E-state index in [1.165, 1.54) is 10.4 Å². The fourth-order valence-electron chi connectivity index (χ4n) is 2.59. The third-order valence-electron chi connectivity index (χ3n) is 3.67. The lowest BCUT2D eigenvalue weighted by Crippen LogP contribution is -2.43. The van der Waals surface area contributed by atoms with Crippen molar-refractivity contribution in [3.8, 4) is 0 Å². The molecule has 0 fully saturated rings. The maximum atomic E-state index is 12.8. The van der Waals surface area contributed by atoms with Crippen molar-refractivity contribution in [2.24, 2.45) is 5.14 Å². The molecule has 25 heavy (non-hydrogen) atoms. The van der Waals surface area contributed by atoms with Crippen LogP contribution in [0.5, 0.6) is 0 Å². The van der Waals surface area contributed by atoms with E-state index in [1.807, 2.05) is 13.8 Å². The number of rotatable bonds is 8. The number of thiophene rings is 1. The number of likely N-dealkylation sites (N-methyl/N-ethyl adjacent to an activating group) is 1. The Kier molecular flexibility index (Phi) is 8.28. The molecule has 1 aliphatic heterocycles. The molecule has 12 heteroatoms. The first kappa shape index (κ1) is 22.8. The average Bonchev–Trinajstić information content (AvgIpc) is 2.95. The highest BCUT2D eigenvalue weighted by molar-refractivity contribution is 7.94. The fraction of sp³-hybridized carbons (Fsp3) is 0.692. The van der Waals surface area contributed by atoms with Crippen LogP contribution in [0.2, 0.25) is 0 Å². The van der Waals surface area contributed by atoms with Crippen LogP contribution in [-0.4, -0.2) is 54.0 Å². The van der Waals surface area contributed by atoms with E-state index in [1.54, 1.807) is 0 Å². The van der Waals surface area contributed by atoms with Gasteiger partial charge in [0.2, 0.25) is 10.0 Å². The number of sulfonamides is 2. The lowest BCUT2D eigenvalue weighted by atomic mass is 10.1. The van der Waals surface area contributed by atoms with Crippen LogP contribution in [-0.2, 0) is 24.8 Å². The summed E-state index contributed by atoms with van der Waals surface area (Å²) in [6.07, 6.45) is 0.578. The van der Waals surface area contributed by atoms with Crippen LogP contribution in [0.3, 0.4) is 0 Å². The largest absolute Gasteiger partial charge is 0.382 e. The van der Waals surface area contributed by atoms with Gasteiger partial charge in [0.15, 0.2) is 0 Å². The van der Waals surface area contributed by atoms with Crippen molar-refractivity contribution in [2.45, 2.75) is 34.7 Å². The summed E-state index contributed by atoms with van der Waals surface area (Å²) in [4.78, 5) is 0. The zero-order chi connectivity index (χ0) is 18.0. The first-order valence-electron chi connectivity index (χ1n) is 7.69. The van der Waals surface area contributed by atoms with Gasteiger partial charge < -0.3 is 10.1 Å². The first-order chi connectivity index (χ1) is 11.2. The molecule has 1 unspecified atom stereocenters. The van der Waals surface area contributed by atoms with Gasteiger partial charge in [-0.2, -0.15) is 4.31 Å². The van der Waals surface area contributed by atoms with Crippen molar-refractivity contribution < 1.29 is 21.6 Å². The Morgan fingerprint density at radius 2 is 2.12 bits per heavy atom. The minimum atomic E-state index is -3.94. The molecule has 3 N–H and O–H groups in total. The first-order valence-corrected chi connectivity index (χ1v) is 11.5. The molecule has 146 valence electrons. The topological polar surface area (TPSA) is 119 Å². The highest BCUT2D eigenvalue weighted by Gasteiger charge is 2.39. The Balaban J connectivity index is 0.00000312. The second-order valence-electron chi connectivity index (χ2n) is 5.38. The highest BCUT2D eigenvalue weighted by atomic mass is 35.5. The molecule has 0 aliphatic carbocycles. The summed E-state index contributed by atoms with van der Waals surface area (Å²) in [6, 6.07) is 1.12. The number of nitrogens with zero attached hydrogens (tertiary/aromatic N) is 1. The van der Waals surface area contributed by atoms with E-state index in [4.69, 9.17) is 9.88 Å². The molecular formula is C13H24ClN3O5S3. The van der Waals surface area contributed by atoms with Crippen molar-refractivity contribution in [3.05, 3.63) is 11.6 Å². The van der Waals surface area contributed by atoms with E-state index in [-0.39, 0.29) is 33.4 Å². The number of primary sulfonamides is 1. The smallest absolute Gasteiger partial charge is 0.252 e. The molecule has 0 saturated carbocycles. The Bertz CT molecular complexity index is 779. The van der Waals surface area contributed by atoms with Crippen molar-refractivity contribution >= 4 is 43.8 Å². The van der Waals surface area contributed by atoms with Crippen LogP contribution >= 0.6 is 23.7 Å². The predicted molar refractivity (Wildman–Crippen MR) is 99.2 cm³/mol. The van der Waals surface area contributed by atoms with E-state index in [0.29, 0.717) is 49.6 Å². The van der Waals surface area contributed by atoms with Crippen LogP contribution < -0.4 is 10.5 Å². The Morgan fingerprint density at radius 1 is 1.44 bits per heavy atom. The van der Waals surface area contributed by atoms with Gasteiger partial charge in [-0.3, -0.25) is 0 Å². The number of nitrogens with one attached hydrogen (secondary N) is 1. The SMILES string of the molecule is CCNC1CN(CCCOCC)S(=O)(=O)c2sc(S(N)(=O)=O)cc21.Cl.